The molecule has 0 saturated heterocycles. The van der Waals surface area contributed by atoms with E-state index in [0.29, 0.717) is 16.7 Å². The van der Waals surface area contributed by atoms with E-state index in [9.17, 15) is 18.8 Å². The molecule has 152 valence electrons. The van der Waals surface area contributed by atoms with Crippen LogP contribution in [0.25, 0.3) is 11.5 Å². The van der Waals surface area contributed by atoms with E-state index in [2.05, 4.69) is 10.2 Å². The fraction of sp³-hybridized carbons (Fsp3) is 0.190. The standard InChI is InChI=1S/C21H16FN3O5/c1-12(18-23-24-19(30-18)13-6-8-14(22)9-7-13)29-17(26)10-11-25-20(27)15-4-2-3-5-16(15)21(25)28/h2-9,12H,10-11H2,1H3/t12-/m1/s1. The molecule has 0 radical (unpaired) electrons. The van der Waals surface area contributed by atoms with Crippen LogP contribution in [0.4, 0.5) is 4.39 Å². The Hall–Kier alpha value is -3.88. The third-order valence-corrected chi connectivity index (χ3v) is 4.61. The summed E-state index contributed by atoms with van der Waals surface area (Å²) < 4.78 is 23.8. The lowest BCUT2D eigenvalue weighted by molar-refractivity contribution is -0.149. The lowest BCUT2D eigenvalue weighted by Crippen LogP contribution is -2.32. The van der Waals surface area contributed by atoms with Crippen molar-refractivity contribution >= 4 is 17.8 Å². The van der Waals surface area contributed by atoms with Crippen LogP contribution < -0.4 is 0 Å². The molecule has 0 spiro atoms. The predicted octanol–water partition coefficient (Wildman–Crippen LogP) is 3.17. The topological polar surface area (TPSA) is 103 Å². The molecule has 0 fully saturated rings. The van der Waals surface area contributed by atoms with Gasteiger partial charge < -0.3 is 9.15 Å². The Labute approximate surface area is 170 Å². The fourth-order valence-corrected chi connectivity index (χ4v) is 3.06. The van der Waals surface area contributed by atoms with Gasteiger partial charge >= 0.3 is 5.97 Å². The Balaban J connectivity index is 1.34. The van der Waals surface area contributed by atoms with Crippen molar-refractivity contribution in [3.63, 3.8) is 0 Å². The van der Waals surface area contributed by atoms with Crippen molar-refractivity contribution in [1.29, 1.82) is 0 Å². The average Bonchev–Trinajstić information content (AvgIpc) is 3.32. The van der Waals surface area contributed by atoms with Crippen molar-refractivity contribution in [3.05, 3.63) is 71.4 Å². The Kier molecular flexibility index (Phi) is 5.09. The van der Waals surface area contributed by atoms with E-state index in [4.69, 9.17) is 9.15 Å². The molecule has 4 rings (SSSR count). The first-order valence-corrected chi connectivity index (χ1v) is 9.18. The summed E-state index contributed by atoms with van der Waals surface area (Å²) >= 11 is 0. The van der Waals surface area contributed by atoms with Gasteiger partial charge in [-0.25, -0.2) is 4.39 Å². The number of benzene rings is 2. The van der Waals surface area contributed by atoms with Crippen molar-refractivity contribution in [2.24, 2.45) is 0 Å². The second kappa shape index (κ2) is 7.86. The van der Waals surface area contributed by atoms with Crippen LogP contribution in [0.3, 0.4) is 0 Å². The van der Waals surface area contributed by atoms with Gasteiger partial charge in [-0.3, -0.25) is 19.3 Å². The molecule has 8 nitrogen and oxygen atoms in total. The molecule has 0 saturated carbocycles. The summed E-state index contributed by atoms with van der Waals surface area (Å²) in [5.41, 5.74) is 1.17. The molecule has 1 atom stereocenters. The number of hydrogen-bond acceptors (Lipinski definition) is 7. The zero-order valence-corrected chi connectivity index (χ0v) is 15.9. The molecule has 1 aliphatic rings. The van der Waals surface area contributed by atoms with Gasteiger partial charge in [0.2, 0.25) is 5.89 Å². The largest absolute Gasteiger partial charge is 0.453 e. The summed E-state index contributed by atoms with van der Waals surface area (Å²) in [6, 6.07) is 12.0. The van der Waals surface area contributed by atoms with Crippen LogP contribution in [-0.2, 0) is 9.53 Å². The number of amides is 2. The first-order chi connectivity index (χ1) is 14.4. The van der Waals surface area contributed by atoms with Crippen LogP contribution in [-0.4, -0.2) is 39.4 Å². The number of nitrogens with zero attached hydrogens (tertiary/aromatic N) is 3. The second-order valence-electron chi connectivity index (χ2n) is 6.64. The number of hydrogen-bond donors (Lipinski definition) is 0. The molecule has 0 aliphatic carbocycles. The number of carbonyl (C=O) groups excluding carboxylic acids is 3. The van der Waals surface area contributed by atoms with E-state index < -0.39 is 23.9 Å². The molecule has 2 amide bonds. The Morgan fingerprint density at radius 3 is 2.33 bits per heavy atom. The minimum Gasteiger partial charge on any atom is -0.453 e. The number of rotatable bonds is 6. The maximum absolute atomic E-state index is 13.0. The van der Waals surface area contributed by atoms with Crippen molar-refractivity contribution in [1.82, 2.24) is 15.1 Å². The van der Waals surface area contributed by atoms with Crippen LogP contribution in [0.1, 0.15) is 46.1 Å². The maximum atomic E-state index is 13.0. The minimum atomic E-state index is -0.832. The molecule has 2 heterocycles. The number of esters is 1. The highest BCUT2D eigenvalue weighted by molar-refractivity contribution is 6.21. The lowest BCUT2D eigenvalue weighted by Gasteiger charge is -2.14. The SMILES string of the molecule is C[C@@H](OC(=O)CCN1C(=O)c2ccccc2C1=O)c1nnc(-c2ccc(F)cc2)o1. The molecule has 0 N–H and O–H groups in total. The minimum absolute atomic E-state index is 0.0726. The molecule has 9 heteroatoms. The highest BCUT2D eigenvalue weighted by Crippen LogP contribution is 2.24. The summed E-state index contributed by atoms with van der Waals surface area (Å²) in [6.07, 6.45) is -1.00. The predicted molar refractivity (Wildman–Crippen MR) is 101 cm³/mol. The summed E-state index contributed by atoms with van der Waals surface area (Å²) in [7, 11) is 0. The van der Waals surface area contributed by atoms with E-state index >= 15 is 0 Å². The highest BCUT2D eigenvalue weighted by Gasteiger charge is 2.35. The van der Waals surface area contributed by atoms with Crippen molar-refractivity contribution in [3.8, 4) is 11.5 Å². The molecular formula is C21H16FN3O5. The van der Waals surface area contributed by atoms with Crippen molar-refractivity contribution in [2.45, 2.75) is 19.4 Å². The number of aromatic nitrogens is 2. The van der Waals surface area contributed by atoms with Crippen LogP contribution >= 0.6 is 0 Å². The van der Waals surface area contributed by atoms with Gasteiger partial charge in [-0.2, -0.15) is 0 Å². The number of imide groups is 1. The number of halogens is 1. The molecule has 3 aromatic rings. The van der Waals surface area contributed by atoms with Gasteiger partial charge in [-0.1, -0.05) is 12.1 Å². The third kappa shape index (κ3) is 3.69. The van der Waals surface area contributed by atoms with Gasteiger partial charge in [-0.05, 0) is 43.3 Å². The molecule has 1 aliphatic heterocycles. The molecule has 30 heavy (non-hydrogen) atoms. The van der Waals surface area contributed by atoms with Crippen molar-refractivity contribution < 1.29 is 27.9 Å². The Morgan fingerprint density at radius 1 is 1.07 bits per heavy atom. The van der Waals surface area contributed by atoms with E-state index in [-0.39, 0.29) is 30.6 Å². The van der Waals surface area contributed by atoms with Gasteiger partial charge in [0.25, 0.3) is 17.7 Å². The zero-order valence-electron chi connectivity index (χ0n) is 15.9. The first-order valence-electron chi connectivity index (χ1n) is 9.18. The zero-order chi connectivity index (χ0) is 21.3. The van der Waals surface area contributed by atoms with Crippen LogP contribution in [0.15, 0.2) is 52.9 Å². The summed E-state index contributed by atoms with van der Waals surface area (Å²) in [6.45, 7) is 1.46. The number of fused-ring (bicyclic) bond motifs is 1. The first kappa shape index (κ1) is 19.4. The third-order valence-electron chi connectivity index (χ3n) is 4.61. The summed E-state index contributed by atoms with van der Waals surface area (Å²) in [5.74, 6) is -1.64. The monoisotopic (exact) mass is 409 g/mol. The van der Waals surface area contributed by atoms with E-state index in [1.807, 2.05) is 0 Å². The Bertz CT molecular complexity index is 1090. The number of carbonyl (C=O) groups is 3. The summed E-state index contributed by atoms with van der Waals surface area (Å²) in [4.78, 5) is 37.8. The highest BCUT2D eigenvalue weighted by atomic mass is 19.1. The molecular weight excluding hydrogens is 393 g/mol. The van der Waals surface area contributed by atoms with E-state index in [1.54, 1.807) is 31.2 Å². The lowest BCUT2D eigenvalue weighted by atomic mass is 10.1. The summed E-state index contributed by atoms with van der Waals surface area (Å²) in [5, 5.41) is 7.72. The van der Waals surface area contributed by atoms with Gasteiger partial charge in [0.1, 0.15) is 5.82 Å². The quantitative estimate of drug-likeness (QED) is 0.455. The Morgan fingerprint density at radius 2 is 1.70 bits per heavy atom. The molecule has 0 unspecified atom stereocenters. The molecule has 0 bridgehead atoms. The van der Waals surface area contributed by atoms with Gasteiger partial charge in [0, 0.05) is 12.1 Å². The van der Waals surface area contributed by atoms with Crippen LogP contribution in [0.5, 0.6) is 0 Å². The molecule has 1 aromatic heterocycles. The second-order valence-corrected chi connectivity index (χ2v) is 6.64. The van der Waals surface area contributed by atoms with Crippen molar-refractivity contribution in [2.75, 3.05) is 6.54 Å². The van der Waals surface area contributed by atoms with Crippen LogP contribution in [0.2, 0.25) is 0 Å². The average molecular weight is 409 g/mol. The molecule has 2 aromatic carbocycles. The van der Waals surface area contributed by atoms with Gasteiger partial charge in [0.15, 0.2) is 6.10 Å². The normalized spacial score (nSPS) is 14.0. The maximum Gasteiger partial charge on any atom is 0.308 e. The van der Waals surface area contributed by atoms with Gasteiger partial charge in [0.05, 0.1) is 17.5 Å². The van der Waals surface area contributed by atoms with E-state index in [1.165, 1.54) is 24.3 Å². The smallest absolute Gasteiger partial charge is 0.308 e. The van der Waals surface area contributed by atoms with Crippen LogP contribution in [0, 0.1) is 5.82 Å². The number of ether oxygens (including phenoxy) is 1. The fourth-order valence-electron chi connectivity index (χ4n) is 3.06. The van der Waals surface area contributed by atoms with Gasteiger partial charge in [-0.15, -0.1) is 10.2 Å². The van der Waals surface area contributed by atoms with E-state index in [0.717, 1.165) is 4.90 Å².